The predicted molar refractivity (Wildman–Crippen MR) is 95.6 cm³/mol. The van der Waals surface area contributed by atoms with Crippen molar-refractivity contribution in [1.82, 2.24) is 15.3 Å². The summed E-state index contributed by atoms with van der Waals surface area (Å²) in [7, 11) is 0. The molecule has 0 aliphatic carbocycles. The summed E-state index contributed by atoms with van der Waals surface area (Å²) in [6.45, 7) is 1.86. The maximum atomic E-state index is 12.0. The molecule has 2 aromatic carbocycles. The number of hydrogen-bond donors (Lipinski definition) is 4. The molecule has 0 spiro atoms. The molecule has 0 bridgehead atoms. The molecule has 126 valence electrons. The first-order valence-electron chi connectivity index (χ1n) is 7.68. The van der Waals surface area contributed by atoms with Gasteiger partial charge in [-0.2, -0.15) is 0 Å². The van der Waals surface area contributed by atoms with E-state index in [2.05, 4.69) is 20.6 Å². The Bertz CT molecular complexity index is 955. The van der Waals surface area contributed by atoms with Gasteiger partial charge in [-0.1, -0.05) is 30.3 Å². The van der Waals surface area contributed by atoms with E-state index in [1.54, 1.807) is 12.1 Å². The molecule has 3 aromatic rings. The Kier molecular flexibility index (Phi) is 4.56. The number of phenolic OH excluding ortho intramolecular Hbond substituents is 1. The van der Waals surface area contributed by atoms with Crippen molar-refractivity contribution >= 4 is 28.7 Å². The lowest BCUT2D eigenvalue weighted by atomic mass is 10.1. The van der Waals surface area contributed by atoms with Crippen LogP contribution in [0.1, 0.15) is 11.3 Å². The van der Waals surface area contributed by atoms with Crippen LogP contribution in [-0.4, -0.2) is 26.9 Å². The lowest BCUT2D eigenvalue weighted by molar-refractivity contribution is -0.119. The highest BCUT2D eigenvalue weighted by molar-refractivity contribution is 6.02. The average molecular weight is 335 g/mol. The maximum Gasteiger partial charge on any atom is 0.231 e. The smallest absolute Gasteiger partial charge is 0.231 e. The first kappa shape index (κ1) is 16.4. The molecule has 0 aliphatic heterocycles. The third-order valence-electron chi connectivity index (χ3n) is 3.57. The molecule has 0 radical (unpaired) electrons. The number of nitrogens with one attached hydrogen (secondary N) is 3. The summed E-state index contributed by atoms with van der Waals surface area (Å²) in [5.41, 5.74) is 2.20. The zero-order valence-corrected chi connectivity index (χ0v) is 13.6. The highest BCUT2D eigenvalue weighted by Crippen LogP contribution is 2.16. The molecule has 0 unspecified atom stereocenters. The summed E-state index contributed by atoms with van der Waals surface area (Å²) in [6.07, 6.45) is 0.0517. The molecular weight excluding hydrogens is 318 g/mol. The first-order chi connectivity index (χ1) is 12.0. The van der Waals surface area contributed by atoms with Gasteiger partial charge >= 0.3 is 0 Å². The number of nitrogens with zero attached hydrogens (tertiary/aromatic N) is 2. The number of anilines is 1. The number of carbonyl (C=O) groups is 1. The molecular formula is C18H17N5O2. The SMILES string of the molecule is Cc1nc(NC(=N)NC(=O)Cc2cccc(O)c2)nc2ccccc12. The van der Waals surface area contributed by atoms with Crippen LogP contribution in [0.15, 0.2) is 48.5 Å². The summed E-state index contributed by atoms with van der Waals surface area (Å²) in [5, 5.41) is 23.3. The summed E-state index contributed by atoms with van der Waals surface area (Å²) < 4.78 is 0. The van der Waals surface area contributed by atoms with Gasteiger partial charge in [-0.3, -0.25) is 20.8 Å². The van der Waals surface area contributed by atoms with Crippen LogP contribution >= 0.6 is 0 Å². The van der Waals surface area contributed by atoms with Crippen LogP contribution < -0.4 is 10.6 Å². The number of fused-ring (bicyclic) bond motifs is 1. The highest BCUT2D eigenvalue weighted by Gasteiger charge is 2.09. The van der Waals surface area contributed by atoms with Crippen LogP contribution in [0.4, 0.5) is 5.95 Å². The maximum absolute atomic E-state index is 12.0. The number of carbonyl (C=O) groups excluding carboxylic acids is 1. The summed E-state index contributed by atoms with van der Waals surface area (Å²) in [5.74, 6) is -0.238. The first-order valence-corrected chi connectivity index (χ1v) is 7.68. The predicted octanol–water partition coefficient (Wildman–Crippen LogP) is 2.35. The molecule has 7 nitrogen and oxygen atoms in total. The largest absolute Gasteiger partial charge is 0.508 e. The van der Waals surface area contributed by atoms with Crippen LogP contribution in [0.3, 0.4) is 0 Å². The zero-order chi connectivity index (χ0) is 17.8. The normalized spacial score (nSPS) is 10.4. The van der Waals surface area contributed by atoms with Crippen molar-refractivity contribution in [1.29, 1.82) is 5.41 Å². The molecule has 0 aliphatic rings. The van der Waals surface area contributed by atoms with E-state index in [1.807, 2.05) is 31.2 Å². The minimum atomic E-state index is -0.374. The number of hydrogen-bond acceptors (Lipinski definition) is 5. The van der Waals surface area contributed by atoms with Crippen molar-refractivity contribution in [3.63, 3.8) is 0 Å². The summed E-state index contributed by atoms with van der Waals surface area (Å²) in [6, 6.07) is 14.0. The van der Waals surface area contributed by atoms with Gasteiger partial charge < -0.3 is 5.11 Å². The number of guanidine groups is 1. The molecule has 0 fully saturated rings. The summed E-state index contributed by atoms with van der Waals surface area (Å²) >= 11 is 0. The number of para-hydroxylation sites is 1. The second-order valence-electron chi connectivity index (χ2n) is 5.54. The zero-order valence-electron chi connectivity index (χ0n) is 13.6. The lowest BCUT2D eigenvalue weighted by Crippen LogP contribution is -2.36. The Morgan fingerprint density at radius 1 is 1.16 bits per heavy atom. The van der Waals surface area contributed by atoms with Gasteiger partial charge in [0.25, 0.3) is 0 Å². The van der Waals surface area contributed by atoms with Crippen LogP contribution in [-0.2, 0) is 11.2 Å². The van der Waals surface area contributed by atoms with E-state index < -0.39 is 0 Å². The van der Waals surface area contributed by atoms with Crippen LogP contribution in [0.2, 0.25) is 0 Å². The third-order valence-corrected chi connectivity index (χ3v) is 3.57. The van der Waals surface area contributed by atoms with E-state index in [4.69, 9.17) is 5.41 Å². The fourth-order valence-corrected chi connectivity index (χ4v) is 2.47. The van der Waals surface area contributed by atoms with Gasteiger partial charge in [0.1, 0.15) is 5.75 Å². The molecule has 1 heterocycles. The Morgan fingerprint density at radius 2 is 1.96 bits per heavy atom. The topological polar surface area (TPSA) is 111 Å². The average Bonchev–Trinajstić information content (AvgIpc) is 2.54. The molecule has 3 rings (SSSR count). The fraction of sp³-hybridized carbons (Fsp3) is 0.111. The standard InChI is InChI=1S/C18H17N5O2/c1-11-14-7-2-3-8-15(14)21-18(20-11)23-17(19)22-16(25)10-12-5-4-6-13(24)9-12/h2-9,24H,10H2,1H3,(H3,19,20,21,22,23,25). The quantitative estimate of drug-likeness (QED) is 0.434. The van der Waals surface area contributed by atoms with Crippen LogP contribution in [0.25, 0.3) is 10.9 Å². The number of aryl methyl sites for hydroxylation is 1. The minimum absolute atomic E-state index is 0.0517. The van der Waals surface area contributed by atoms with Gasteiger partial charge in [0, 0.05) is 5.39 Å². The molecule has 0 saturated carbocycles. The van der Waals surface area contributed by atoms with Crippen molar-refractivity contribution in [3.8, 4) is 5.75 Å². The van der Waals surface area contributed by atoms with Crippen LogP contribution in [0, 0.1) is 12.3 Å². The van der Waals surface area contributed by atoms with Gasteiger partial charge in [0.15, 0.2) is 0 Å². The third kappa shape index (κ3) is 4.08. The van der Waals surface area contributed by atoms with Gasteiger partial charge in [0.2, 0.25) is 17.8 Å². The van der Waals surface area contributed by atoms with Crippen LogP contribution in [0.5, 0.6) is 5.75 Å². The molecule has 0 saturated heterocycles. The van der Waals surface area contributed by atoms with E-state index in [1.165, 1.54) is 12.1 Å². The van der Waals surface area contributed by atoms with E-state index >= 15 is 0 Å². The Labute approximate surface area is 144 Å². The monoisotopic (exact) mass is 335 g/mol. The number of amides is 1. The molecule has 25 heavy (non-hydrogen) atoms. The van der Waals surface area contributed by atoms with Crippen molar-refractivity contribution < 1.29 is 9.90 Å². The number of rotatable bonds is 3. The van der Waals surface area contributed by atoms with Crippen molar-refractivity contribution in [2.24, 2.45) is 0 Å². The van der Waals surface area contributed by atoms with E-state index in [-0.39, 0.29) is 30.0 Å². The second-order valence-corrected chi connectivity index (χ2v) is 5.54. The Hall–Kier alpha value is -3.48. The molecule has 1 aromatic heterocycles. The Morgan fingerprint density at radius 3 is 2.76 bits per heavy atom. The fourth-order valence-electron chi connectivity index (χ4n) is 2.47. The van der Waals surface area contributed by atoms with Gasteiger partial charge in [-0.15, -0.1) is 0 Å². The second kappa shape index (κ2) is 6.96. The molecule has 7 heteroatoms. The van der Waals surface area contributed by atoms with Crippen molar-refractivity contribution in [3.05, 3.63) is 59.8 Å². The molecule has 1 amide bonds. The number of benzene rings is 2. The van der Waals surface area contributed by atoms with Gasteiger partial charge in [-0.05, 0) is 30.7 Å². The Balaban J connectivity index is 1.65. The molecule has 0 atom stereocenters. The van der Waals surface area contributed by atoms with Gasteiger partial charge in [-0.25, -0.2) is 9.97 Å². The van der Waals surface area contributed by atoms with Crippen molar-refractivity contribution in [2.45, 2.75) is 13.3 Å². The van der Waals surface area contributed by atoms with E-state index in [0.29, 0.717) is 5.56 Å². The number of aromatic nitrogens is 2. The molecule has 4 N–H and O–H groups in total. The van der Waals surface area contributed by atoms with E-state index in [0.717, 1.165) is 16.6 Å². The minimum Gasteiger partial charge on any atom is -0.508 e. The highest BCUT2D eigenvalue weighted by atomic mass is 16.3. The number of aromatic hydroxyl groups is 1. The summed E-state index contributed by atoms with van der Waals surface area (Å²) in [4.78, 5) is 20.6. The lowest BCUT2D eigenvalue weighted by Gasteiger charge is -2.10. The van der Waals surface area contributed by atoms with Gasteiger partial charge in [0.05, 0.1) is 17.6 Å². The van der Waals surface area contributed by atoms with E-state index in [9.17, 15) is 9.90 Å². The number of phenols is 1. The van der Waals surface area contributed by atoms with Crippen molar-refractivity contribution in [2.75, 3.05) is 5.32 Å².